The van der Waals surface area contributed by atoms with Crippen molar-refractivity contribution in [1.82, 2.24) is 24.8 Å². The highest BCUT2D eigenvalue weighted by molar-refractivity contribution is 5.78. The minimum absolute atomic E-state index is 0.404. The molecule has 26 heavy (non-hydrogen) atoms. The number of nitrogens with one attached hydrogen (secondary N) is 2. The second kappa shape index (κ2) is 6.57. The van der Waals surface area contributed by atoms with E-state index in [1.54, 1.807) is 18.7 Å². The molecule has 1 saturated heterocycles. The van der Waals surface area contributed by atoms with Gasteiger partial charge >= 0.3 is 0 Å². The highest BCUT2D eigenvalue weighted by Gasteiger charge is 2.22. The summed E-state index contributed by atoms with van der Waals surface area (Å²) in [4.78, 5) is 13.6. The van der Waals surface area contributed by atoms with Crippen LogP contribution >= 0.6 is 0 Å². The van der Waals surface area contributed by atoms with E-state index in [2.05, 4.69) is 20.6 Å². The average molecular weight is 350 g/mol. The first-order valence-electron chi connectivity index (χ1n) is 9.25. The number of hydrogen-bond donors (Lipinski definition) is 2. The summed E-state index contributed by atoms with van der Waals surface area (Å²) in [5.41, 5.74) is 1.90. The summed E-state index contributed by atoms with van der Waals surface area (Å²) >= 11 is 0. The van der Waals surface area contributed by atoms with Gasteiger partial charge in [0.2, 0.25) is 0 Å². The fraction of sp³-hybridized carbons (Fsp3) is 0.421. The molecule has 0 bridgehead atoms. The quantitative estimate of drug-likeness (QED) is 0.711. The number of ether oxygens (including phenoxy) is 1. The van der Waals surface area contributed by atoms with Crippen LogP contribution in [-0.4, -0.2) is 45.3 Å². The average Bonchev–Trinajstić information content (AvgIpc) is 3.18. The highest BCUT2D eigenvalue weighted by Crippen LogP contribution is 2.30. The molecule has 7 nitrogen and oxygen atoms in total. The topological polar surface area (TPSA) is 76.9 Å². The van der Waals surface area contributed by atoms with E-state index in [9.17, 15) is 0 Å². The predicted octanol–water partition coefficient (Wildman–Crippen LogP) is 2.38. The number of nitrogens with zero attached hydrogens (tertiary/aromatic N) is 4. The van der Waals surface area contributed by atoms with Crippen molar-refractivity contribution >= 4 is 16.9 Å². The first kappa shape index (κ1) is 15.6. The van der Waals surface area contributed by atoms with Gasteiger partial charge in [-0.1, -0.05) is 0 Å². The normalized spacial score (nSPS) is 19.8. The van der Waals surface area contributed by atoms with Crippen molar-refractivity contribution in [2.75, 3.05) is 25.0 Å². The molecule has 0 amide bonds. The Morgan fingerprint density at radius 3 is 3.04 bits per heavy atom. The molecule has 2 aliphatic rings. The number of hydrogen-bond acceptors (Lipinski definition) is 6. The largest absolute Gasteiger partial charge is 0.493 e. The Labute approximate surface area is 151 Å². The standard InChI is InChI=1S/C19H22N6O/c1-2-13(1)11-26-15-3-4-16-17(7-15)25(12-22-16)19-10-21-9-18(24-19)23-14-5-6-20-8-14/h3-4,7,9-10,12-14,20H,1-2,5-6,8,11H2,(H,23,24). The molecule has 2 N–H and O–H groups in total. The predicted molar refractivity (Wildman–Crippen MR) is 99.8 cm³/mol. The lowest BCUT2D eigenvalue weighted by atomic mass is 10.2. The minimum atomic E-state index is 0.404. The van der Waals surface area contributed by atoms with Crippen molar-refractivity contribution in [3.8, 4) is 11.6 Å². The van der Waals surface area contributed by atoms with Gasteiger partial charge in [0.1, 0.15) is 17.9 Å². The summed E-state index contributed by atoms with van der Waals surface area (Å²) < 4.78 is 7.88. The molecule has 1 aliphatic carbocycles. The molecule has 1 aromatic carbocycles. The fourth-order valence-corrected chi connectivity index (χ4v) is 3.29. The van der Waals surface area contributed by atoms with Gasteiger partial charge in [-0.3, -0.25) is 9.55 Å². The molecule has 1 aliphatic heterocycles. The number of imidazole rings is 1. The Bertz CT molecular complexity index is 913. The molecule has 7 heteroatoms. The van der Waals surface area contributed by atoms with E-state index < -0.39 is 0 Å². The van der Waals surface area contributed by atoms with Gasteiger partial charge in [-0.15, -0.1) is 0 Å². The fourth-order valence-electron chi connectivity index (χ4n) is 3.29. The van der Waals surface area contributed by atoms with Crippen LogP contribution in [0.4, 0.5) is 5.82 Å². The molecule has 0 spiro atoms. The van der Waals surface area contributed by atoms with Gasteiger partial charge in [-0.05, 0) is 43.9 Å². The summed E-state index contributed by atoms with van der Waals surface area (Å²) in [5.74, 6) is 3.15. The van der Waals surface area contributed by atoms with Crippen molar-refractivity contribution in [2.45, 2.75) is 25.3 Å². The molecule has 2 aromatic heterocycles. The Balaban J connectivity index is 1.42. The van der Waals surface area contributed by atoms with E-state index in [-0.39, 0.29) is 0 Å². The van der Waals surface area contributed by atoms with Crippen LogP contribution in [0.2, 0.25) is 0 Å². The lowest BCUT2D eigenvalue weighted by Gasteiger charge is -2.12. The Kier molecular flexibility index (Phi) is 3.93. The third-order valence-corrected chi connectivity index (χ3v) is 4.98. The number of fused-ring (bicyclic) bond motifs is 1. The van der Waals surface area contributed by atoms with E-state index in [1.807, 2.05) is 22.8 Å². The number of rotatable bonds is 6. The summed E-state index contributed by atoms with van der Waals surface area (Å²) in [6, 6.07) is 6.42. The monoisotopic (exact) mass is 350 g/mol. The summed E-state index contributed by atoms with van der Waals surface area (Å²) in [6.45, 7) is 2.80. The van der Waals surface area contributed by atoms with Crippen LogP contribution in [0.15, 0.2) is 36.9 Å². The Morgan fingerprint density at radius 1 is 1.23 bits per heavy atom. The van der Waals surface area contributed by atoms with E-state index in [0.717, 1.165) is 60.5 Å². The third kappa shape index (κ3) is 3.22. The third-order valence-electron chi connectivity index (χ3n) is 4.98. The van der Waals surface area contributed by atoms with Crippen LogP contribution < -0.4 is 15.4 Å². The van der Waals surface area contributed by atoms with Crippen LogP contribution in [0.3, 0.4) is 0 Å². The van der Waals surface area contributed by atoms with E-state index in [1.165, 1.54) is 12.8 Å². The Morgan fingerprint density at radius 2 is 2.19 bits per heavy atom. The van der Waals surface area contributed by atoms with Crippen LogP contribution in [0, 0.1) is 5.92 Å². The summed E-state index contributed by atoms with van der Waals surface area (Å²) in [5, 5.41) is 6.80. The van der Waals surface area contributed by atoms with E-state index in [0.29, 0.717) is 6.04 Å². The summed E-state index contributed by atoms with van der Waals surface area (Å²) in [7, 11) is 0. The molecule has 134 valence electrons. The van der Waals surface area contributed by atoms with Gasteiger partial charge in [-0.25, -0.2) is 9.97 Å². The molecular formula is C19H22N6O. The number of anilines is 1. The smallest absolute Gasteiger partial charge is 0.159 e. The Hall–Kier alpha value is -2.67. The van der Waals surface area contributed by atoms with Crippen molar-refractivity contribution in [3.05, 3.63) is 36.9 Å². The lowest BCUT2D eigenvalue weighted by molar-refractivity contribution is 0.300. The molecule has 1 unspecified atom stereocenters. The van der Waals surface area contributed by atoms with Gasteiger partial charge in [0, 0.05) is 18.7 Å². The van der Waals surface area contributed by atoms with Gasteiger partial charge in [0.15, 0.2) is 5.82 Å². The van der Waals surface area contributed by atoms with Crippen molar-refractivity contribution < 1.29 is 4.74 Å². The molecule has 2 fully saturated rings. The molecule has 0 radical (unpaired) electrons. The van der Waals surface area contributed by atoms with Crippen LogP contribution in [0.1, 0.15) is 19.3 Å². The van der Waals surface area contributed by atoms with Gasteiger partial charge in [0.05, 0.1) is 30.0 Å². The summed E-state index contributed by atoms with van der Waals surface area (Å²) in [6.07, 6.45) is 8.99. The molecule has 3 aromatic rings. The van der Waals surface area contributed by atoms with Crippen molar-refractivity contribution in [3.63, 3.8) is 0 Å². The van der Waals surface area contributed by atoms with E-state index in [4.69, 9.17) is 9.72 Å². The second-order valence-electron chi connectivity index (χ2n) is 7.12. The molecule has 1 saturated carbocycles. The van der Waals surface area contributed by atoms with Crippen LogP contribution in [0.25, 0.3) is 16.9 Å². The minimum Gasteiger partial charge on any atom is -0.493 e. The maximum Gasteiger partial charge on any atom is 0.159 e. The zero-order valence-electron chi connectivity index (χ0n) is 14.6. The van der Waals surface area contributed by atoms with Crippen molar-refractivity contribution in [2.24, 2.45) is 5.92 Å². The van der Waals surface area contributed by atoms with E-state index >= 15 is 0 Å². The maximum atomic E-state index is 5.91. The zero-order chi connectivity index (χ0) is 17.3. The SMILES string of the molecule is c1cc2ncn(-c3cncc(NC4CCNC4)n3)c2cc1OCC1CC1. The van der Waals surface area contributed by atoms with Gasteiger partial charge < -0.3 is 15.4 Å². The maximum absolute atomic E-state index is 5.91. The second-order valence-corrected chi connectivity index (χ2v) is 7.12. The molecule has 5 rings (SSSR count). The van der Waals surface area contributed by atoms with Crippen molar-refractivity contribution in [1.29, 1.82) is 0 Å². The molecule has 1 atom stereocenters. The number of aromatic nitrogens is 4. The lowest BCUT2D eigenvalue weighted by Crippen LogP contribution is -2.23. The zero-order valence-corrected chi connectivity index (χ0v) is 14.6. The number of benzene rings is 1. The molecular weight excluding hydrogens is 328 g/mol. The van der Waals surface area contributed by atoms with Crippen LogP contribution in [-0.2, 0) is 0 Å². The van der Waals surface area contributed by atoms with Gasteiger partial charge in [-0.2, -0.15) is 0 Å². The first-order chi connectivity index (χ1) is 12.8. The van der Waals surface area contributed by atoms with Gasteiger partial charge in [0.25, 0.3) is 0 Å². The first-order valence-corrected chi connectivity index (χ1v) is 9.25. The van der Waals surface area contributed by atoms with Crippen LogP contribution in [0.5, 0.6) is 5.75 Å². The highest BCUT2D eigenvalue weighted by atomic mass is 16.5. The molecule has 3 heterocycles.